The first-order valence-electron chi connectivity index (χ1n) is 13.2. The van der Waals surface area contributed by atoms with Gasteiger partial charge in [-0.25, -0.2) is 0 Å². The van der Waals surface area contributed by atoms with E-state index < -0.39 is 0 Å². The third-order valence-electron chi connectivity index (χ3n) is 4.83. The Hall–Kier alpha value is 2.13. The summed E-state index contributed by atoms with van der Waals surface area (Å²) in [5, 5.41) is 20.9. The second kappa shape index (κ2) is 26.4. The van der Waals surface area contributed by atoms with Gasteiger partial charge in [0.25, 0.3) is 0 Å². The van der Waals surface area contributed by atoms with E-state index in [4.69, 9.17) is 18.9 Å². The van der Waals surface area contributed by atoms with Crippen LogP contribution in [0.3, 0.4) is 0 Å². The van der Waals surface area contributed by atoms with Crippen LogP contribution in [0.1, 0.15) is 25.7 Å². The number of rotatable bonds is 26. The highest BCUT2D eigenvalue weighted by Crippen LogP contribution is 2.65. The van der Waals surface area contributed by atoms with Gasteiger partial charge in [-0.05, 0) is 30.6 Å². The van der Waals surface area contributed by atoms with Crippen LogP contribution in [0.2, 0.25) is 0 Å². The van der Waals surface area contributed by atoms with E-state index in [1.165, 1.54) is 56.9 Å². The van der Waals surface area contributed by atoms with Crippen molar-refractivity contribution in [3.05, 3.63) is 25.4 Å². The predicted molar refractivity (Wildman–Crippen MR) is 188 cm³/mol. The lowest BCUT2D eigenvalue weighted by molar-refractivity contribution is -0.374. The van der Waals surface area contributed by atoms with E-state index in [2.05, 4.69) is 18.9 Å². The molecule has 2 aliphatic heterocycles. The Morgan fingerprint density at radius 2 is 0.975 bits per heavy atom. The van der Waals surface area contributed by atoms with E-state index in [0.717, 1.165) is 17.3 Å². The zero-order chi connectivity index (χ0) is 28.7. The van der Waals surface area contributed by atoms with E-state index in [-0.39, 0.29) is 26.4 Å². The minimum atomic E-state index is -0.209. The van der Waals surface area contributed by atoms with Crippen LogP contribution >= 0.6 is 107 Å². The van der Waals surface area contributed by atoms with Crippen LogP contribution in [0.5, 0.6) is 0 Å². The lowest BCUT2D eigenvalue weighted by Gasteiger charge is -2.08. The first-order chi connectivity index (χ1) is 19.7. The second-order valence-corrected chi connectivity index (χ2v) is 18.1. The SMILES string of the molecule is CSC1=C(SCCCCCCS)SC(=C2SC(SCCOCCOCC[O-])=C(SCCOCCOCC[O-])S2)S1. The van der Waals surface area contributed by atoms with Crippen molar-refractivity contribution in [2.24, 2.45) is 0 Å². The molecule has 40 heavy (non-hydrogen) atoms. The molecule has 0 aromatic carbocycles. The van der Waals surface area contributed by atoms with Gasteiger partial charge < -0.3 is 29.2 Å². The van der Waals surface area contributed by atoms with Crippen molar-refractivity contribution >= 4 is 107 Å². The average molecular weight is 725 g/mol. The summed E-state index contributed by atoms with van der Waals surface area (Å²) in [4.78, 5) is 0. The first kappa shape index (κ1) is 38.3. The van der Waals surface area contributed by atoms with E-state index in [1.807, 2.05) is 94.1 Å². The Bertz CT molecular complexity index is 748. The van der Waals surface area contributed by atoms with E-state index in [0.29, 0.717) is 39.6 Å². The summed E-state index contributed by atoms with van der Waals surface area (Å²) in [6.45, 7) is 3.32. The van der Waals surface area contributed by atoms with E-state index in [1.54, 1.807) is 0 Å². The van der Waals surface area contributed by atoms with Gasteiger partial charge in [-0.2, -0.15) is 12.6 Å². The summed E-state index contributed by atoms with van der Waals surface area (Å²) in [6, 6.07) is 0. The van der Waals surface area contributed by atoms with Gasteiger partial charge >= 0.3 is 0 Å². The normalized spacial score (nSPS) is 15.9. The fraction of sp³-hybridized carbons (Fsp3) is 0.760. The van der Waals surface area contributed by atoms with E-state index >= 15 is 0 Å². The predicted octanol–water partition coefficient (Wildman–Crippen LogP) is 6.17. The average Bonchev–Trinajstić information content (AvgIpc) is 3.57. The zero-order valence-electron chi connectivity index (χ0n) is 22.9. The topological polar surface area (TPSA) is 83.0 Å². The molecule has 0 N–H and O–H groups in total. The Morgan fingerprint density at radius 1 is 0.550 bits per heavy atom. The summed E-state index contributed by atoms with van der Waals surface area (Å²) in [7, 11) is 0. The number of hydrogen-bond acceptors (Lipinski definition) is 15. The van der Waals surface area contributed by atoms with Gasteiger partial charge in [-0.15, -0.1) is 60.3 Å². The lowest BCUT2D eigenvalue weighted by atomic mass is 10.2. The number of thioether (sulfide) groups is 8. The maximum absolute atomic E-state index is 10.5. The zero-order valence-corrected chi connectivity index (χ0v) is 30.3. The van der Waals surface area contributed by atoms with Crippen molar-refractivity contribution in [1.29, 1.82) is 0 Å². The Kier molecular flexibility index (Phi) is 25.2. The van der Waals surface area contributed by atoms with Crippen molar-refractivity contribution in [3.8, 4) is 0 Å². The van der Waals surface area contributed by atoms with Crippen LogP contribution in [-0.4, -0.2) is 95.3 Å². The summed E-state index contributed by atoms with van der Waals surface area (Å²) in [5.74, 6) is 3.90. The molecular formula is C25H40O6S9-2. The number of ether oxygens (including phenoxy) is 4. The molecule has 0 fully saturated rings. The highest BCUT2D eigenvalue weighted by Gasteiger charge is 2.30. The summed E-state index contributed by atoms with van der Waals surface area (Å²) in [5.41, 5.74) is 0. The Labute approximate surface area is 280 Å². The largest absolute Gasteiger partial charge is 0.853 e. The van der Waals surface area contributed by atoms with Gasteiger partial charge in [0.1, 0.15) is 0 Å². The molecule has 0 unspecified atom stereocenters. The van der Waals surface area contributed by atoms with Gasteiger partial charge in [-0.3, -0.25) is 0 Å². The molecule has 2 heterocycles. The standard InChI is InChI=1S/C25H40O6S9/c1-33-20-21(34-17-5-3-2-4-16-32)38-24(37-20)25-39-22(35-18-14-30-12-10-28-8-6-26)23(40-25)36-19-15-31-13-11-29-9-7-27/h32H,2-19H2,1H3/q-2. The highest BCUT2D eigenvalue weighted by molar-refractivity contribution is 8.45. The molecule has 0 aliphatic carbocycles. The molecule has 2 aliphatic rings. The summed E-state index contributed by atoms with van der Waals surface area (Å²) in [6.07, 6.45) is 7.20. The quantitative estimate of drug-likeness (QED) is 0.0816. The third kappa shape index (κ3) is 17.0. The fourth-order valence-electron chi connectivity index (χ4n) is 2.98. The third-order valence-corrected chi connectivity index (χ3v) is 16.6. The minimum absolute atomic E-state index is 0.209. The second-order valence-electron chi connectivity index (χ2n) is 7.88. The molecule has 0 saturated heterocycles. The van der Waals surface area contributed by atoms with Crippen molar-refractivity contribution in [1.82, 2.24) is 0 Å². The van der Waals surface area contributed by atoms with Gasteiger partial charge in [0, 0.05) is 24.7 Å². The lowest BCUT2D eigenvalue weighted by Crippen LogP contribution is -2.15. The monoisotopic (exact) mass is 724 g/mol. The maximum Gasteiger partial charge on any atom is 0.0717 e. The molecule has 0 aromatic heterocycles. The fourth-order valence-corrected chi connectivity index (χ4v) is 14.7. The molecule has 0 saturated carbocycles. The number of hydrogen-bond donors (Lipinski definition) is 1. The van der Waals surface area contributed by atoms with Crippen molar-refractivity contribution in [2.75, 3.05) is 95.3 Å². The molecule has 2 rings (SSSR count). The van der Waals surface area contributed by atoms with Gasteiger partial charge in [0.2, 0.25) is 0 Å². The highest BCUT2D eigenvalue weighted by atomic mass is 32.3. The van der Waals surface area contributed by atoms with Crippen molar-refractivity contribution < 1.29 is 29.2 Å². The number of thiol groups is 1. The minimum Gasteiger partial charge on any atom is -0.853 e. The van der Waals surface area contributed by atoms with Crippen LogP contribution in [0.15, 0.2) is 25.4 Å². The molecule has 0 amide bonds. The van der Waals surface area contributed by atoms with Gasteiger partial charge in [0.15, 0.2) is 0 Å². The van der Waals surface area contributed by atoms with Crippen LogP contribution in [0.25, 0.3) is 0 Å². The molecule has 0 bridgehead atoms. The first-order valence-corrected chi connectivity index (χ1v) is 21.3. The molecule has 232 valence electrons. The van der Waals surface area contributed by atoms with Crippen LogP contribution in [-0.2, 0) is 18.9 Å². The van der Waals surface area contributed by atoms with Crippen molar-refractivity contribution in [3.63, 3.8) is 0 Å². The molecule has 6 nitrogen and oxygen atoms in total. The van der Waals surface area contributed by atoms with Crippen LogP contribution in [0.4, 0.5) is 0 Å². The van der Waals surface area contributed by atoms with Gasteiger partial charge in [0.05, 0.1) is 65.1 Å². The molecule has 0 radical (unpaired) electrons. The number of unbranched alkanes of at least 4 members (excludes halogenated alkanes) is 3. The Balaban J connectivity index is 1.85. The molecule has 0 spiro atoms. The van der Waals surface area contributed by atoms with Crippen molar-refractivity contribution in [2.45, 2.75) is 25.7 Å². The van der Waals surface area contributed by atoms with Gasteiger partial charge in [-0.1, -0.05) is 59.9 Å². The molecule has 0 atom stereocenters. The molecule has 0 aromatic rings. The summed E-state index contributed by atoms with van der Waals surface area (Å²) >= 11 is 19.5. The Morgan fingerprint density at radius 3 is 1.45 bits per heavy atom. The molecular weight excluding hydrogens is 685 g/mol. The van der Waals surface area contributed by atoms with Crippen LogP contribution in [0, 0.1) is 0 Å². The van der Waals surface area contributed by atoms with E-state index in [9.17, 15) is 10.2 Å². The van der Waals surface area contributed by atoms with Crippen LogP contribution < -0.4 is 10.2 Å². The maximum atomic E-state index is 10.5. The summed E-state index contributed by atoms with van der Waals surface area (Å²) < 4.78 is 30.1. The smallest absolute Gasteiger partial charge is 0.0717 e. The molecule has 15 heteroatoms.